The van der Waals surface area contributed by atoms with Crippen molar-refractivity contribution < 1.29 is 9.47 Å². The predicted octanol–water partition coefficient (Wildman–Crippen LogP) is 5.20. The largest absolute Gasteiger partial charge is 0.494 e. The summed E-state index contributed by atoms with van der Waals surface area (Å²) in [5.41, 5.74) is 0. The van der Waals surface area contributed by atoms with Crippen molar-refractivity contribution in [2.45, 2.75) is 39.5 Å². The van der Waals surface area contributed by atoms with E-state index >= 15 is 0 Å². The fourth-order valence-electron chi connectivity index (χ4n) is 2.11. The van der Waals surface area contributed by atoms with Crippen molar-refractivity contribution in [3.05, 3.63) is 36.4 Å². The molecule has 0 radical (unpaired) electrons. The molecule has 0 saturated carbocycles. The molecule has 0 amide bonds. The Morgan fingerprint density at radius 2 is 1.60 bits per heavy atom. The lowest BCUT2D eigenvalue weighted by molar-refractivity contribution is 0.309. The van der Waals surface area contributed by atoms with E-state index < -0.39 is 0 Å². The number of ether oxygens (including phenoxy) is 2. The van der Waals surface area contributed by atoms with Crippen molar-refractivity contribution in [2.75, 3.05) is 13.2 Å². The number of hydrogen-bond acceptors (Lipinski definition) is 2. The maximum absolute atomic E-state index is 5.86. The maximum atomic E-state index is 5.86. The first-order chi connectivity index (χ1) is 9.85. The van der Waals surface area contributed by atoms with Crippen LogP contribution in [0.2, 0.25) is 0 Å². The number of rotatable bonds is 8. The Labute approximate surface area is 121 Å². The van der Waals surface area contributed by atoms with E-state index in [0.717, 1.165) is 55.8 Å². The smallest absolute Gasteiger partial charge is 0.127 e. The molecule has 0 aliphatic rings. The minimum atomic E-state index is 0.782. The van der Waals surface area contributed by atoms with Gasteiger partial charge in [-0.15, -0.1) is 0 Å². The van der Waals surface area contributed by atoms with Crippen LogP contribution in [0.15, 0.2) is 36.4 Å². The number of hydrogen-bond donors (Lipinski definition) is 0. The average molecular weight is 272 g/mol. The third-order valence-electron chi connectivity index (χ3n) is 3.33. The highest BCUT2D eigenvalue weighted by atomic mass is 16.5. The molecule has 20 heavy (non-hydrogen) atoms. The Hall–Kier alpha value is -1.70. The fourth-order valence-corrected chi connectivity index (χ4v) is 2.11. The minimum Gasteiger partial charge on any atom is -0.494 e. The van der Waals surface area contributed by atoms with Crippen LogP contribution in [0.25, 0.3) is 10.8 Å². The first kappa shape index (κ1) is 14.7. The second-order valence-corrected chi connectivity index (χ2v) is 5.04. The van der Waals surface area contributed by atoms with Crippen molar-refractivity contribution in [2.24, 2.45) is 0 Å². The molecule has 0 spiro atoms. The molecule has 2 nitrogen and oxygen atoms in total. The second kappa shape index (κ2) is 7.78. The van der Waals surface area contributed by atoms with Crippen LogP contribution in [0, 0.1) is 0 Å². The molecule has 0 bridgehead atoms. The summed E-state index contributed by atoms with van der Waals surface area (Å²) in [5, 5.41) is 2.33. The molecule has 2 heteroatoms. The Morgan fingerprint density at radius 1 is 0.850 bits per heavy atom. The maximum Gasteiger partial charge on any atom is 0.127 e. The molecular weight excluding hydrogens is 248 g/mol. The van der Waals surface area contributed by atoms with Gasteiger partial charge in [0.05, 0.1) is 13.2 Å². The van der Waals surface area contributed by atoms with E-state index in [1.165, 1.54) is 5.39 Å². The lowest BCUT2D eigenvalue weighted by Gasteiger charge is -2.11. The van der Waals surface area contributed by atoms with Crippen LogP contribution in [0.3, 0.4) is 0 Å². The summed E-state index contributed by atoms with van der Waals surface area (Å²) < 4.78 is 11.6. The predicted molar refractivity (Wildman–Crippen MR) is 84.8 cm³/mol. The van der Waals surface area contributed by atoms with Gasteiger partial charge in [-0.2, -0.15) is 0 Å². The van der Waals surface area contributed by atoms with Gasteiger partial charge in [0.25, 0.3) is 0 Å². The number of unbranched alkanes of at least 4 members (excludes halogenated alkanes) is 2. The summed E-state index contributed by atoms with van der Waals surface area (Å²) in [6.45, 7) is 5.91. The van der Waals surface area contributed by atoms with Gasteiger partial charge in [-0.3, -0.25) is 0 Å². The third kappa shape index (κ3) is 3.89. The quantitative estimate of drug-likeness (QED) is 0.615. The first-order valence-electron chi connectivity index (χ1n) is 7.63. The monoisotopic (exact) mass is 272 g/mol. The van der Waals surface area contributed by atoms with Gasteiger partial charge in [0.1, 0.15) is 11.5 Å². The minimum absolute atomic E-state index is 0.782. The molecule has 0 aromatic heterocycles. The van der Waals surface area contributed by atoms with Crippen LogP contribution >= 0.6 is 0 Å². The van der Waals surface area contributed by atoms with E-state index in [2.05, 4.69) is 32.0 Å². The molecule has 0 N–H and O–H groups in total. The topological polar surface area (TPSA) is 18.5 Å². The second-order valence-electron chi connectivity index (χ2n) is 5.04. The van der Waals surface area contributed by atoms with E-state index in [-0.39, 0.29) is 0 Å². The molecule has 2 aromatic rings. The molecule has 0 aliphatic heterocycles. The number of benzene rings is 2. The van der Waals surface area contributed by atoms with Crippen molar-refractivity contribution in [1.29, 1.82) is 0 Å². The van der Waals surface area contributed by atoms with E-state index in [0.29, 0.717) is 0 Å². The SMILES string of the molecule is CCCCOc1ccc2c(OCCCC)cccc2c1. The molecule has 0 saturated heterocycles. The summed E-state index contributed by atoms with van der Waals surface area (Å²) in [4.78, 5) is 0. The Morgan fingerprint density at radius 3 is 2.35 bits per heavy atom. The zero-order valence-corrected chi connectivity index (χ0v) is 12.5. The number of fused-ring (bicyclic) bond motifs is 1. The Kier molecular flexibility index (Phi) is 5.72. The summed E-state index contributed by atoms with van der Waals surface area (Å²) in [6.07, 6.45) is 4.50. The van der Waals surface area contributed by atoms with Crippen molar-refractivity contribution in [1.82, 2.24) is 0 Å². The van der Waals surface area contributed by atoms with Crippen LogP contribution < -0.4 is 9.47 Å². The van der Waals surface area contributed by atoms with Crippen LogP contribution in [0.4, 0.5) is 0 Å². The van der Waals surface area contributed by atoms with Crippen molar-refractivity contribution >= 4 is 10.8 Å². The summed E-state index contributed by atoms with van der Waals surface area (Å²) >= 11 is 0. The van der Waals surface area contributed by atoms with Crippen molar-refractivity contribution in [3.8, 4) is 11.5 Å². The highest BCUT2D eigenvalue weighted by molar-refractivity contribution is 5.89. The highest BCUT2D eigenvalue weighted by Crippen LogP contribution is 2.29. The van der Waals surface area contributed by atoms with Crippen molar-refractivity contribution in [3.63, 3.8) is 0 Å². The van der Waals surface area contributed by atoms with E-state index in [9.17, 15) is 0 Å². The molecule has 2 rings (SSSR count). The van der Waals surface area contributed by atoms with E-state index in [4.69, 9.17) is 9.47 Å². The van der Waals surface area contributed by atoms with Crippen LogP contribution in [0.1, 0.15) is 39.5 Å². The zero-order valence-electron chi connectivity index (χ0n) is 12.5. The van der Waals surface area contributed by atoms with Gasteiger partial charge in [0, 0.05) is 5.39 Å². The standard InChI is InChI=1S/C18H24O2/c1-3-5-12-19-16-10-11-17-15(14-16)8-7-9-18(17)20-13-6-4-2/h7-11,14H,3-6,12-13H2,1-2H3. The fraction of sp³-hybridized carbons (Fsp3) is 0.444. The summed E-state index contributed by atoms with van der Waals surface area (Å²) in [7, 11) is 0. The highest BCUT2D eigenvalue weighted by Gasteiger charge is 2.03. The Bertz CT molecular complexity index is 534. The Balaban J connectivity index is 2.13. The molecule has 0 heterocycles. The molecular formula is C18H24O2. The van der Waals surface area contributed by atoms with E-state index in [1.54, 1.807) is 0 Å². The molecule has 0 unspecified atom stereocenters. The average Bonchev–Trinajstić information content (AvgIpc) is 2.48. The lowest BCUT2D eigenvalue weighted by atomic mass is 10.1. The zero-order chi connectivity index (χ0) is 14.2. The molecule has 2 aromatic carbocycles. The molecule has 0 atom stereocenters. The van der Waals surface area contributed by atoms with Crippen LogP contribution in [-0.4, -0.2) is 13.2 Å². The van der Waals surface area contributed by atoms with Gasteiger partial charge in [-0.25, -0.2) is 0 Å². The molecule has 108 valence electrons. The summed E-state index contributed by atoms with van der Waals surface area (Å²) in [5.74, 6) is 1.91. The van der Waals surface area contributed by atoms with Gasteiger partial charge in [-0.05, 0) is 42.5 Å². The normalized spacial score (nSPS) is 10.7. The third-order valence-corrected chi connectivity index (χ3v) is 3.33. The summed E-state index contributed by atoms with van der Waals surface area (Å²) in [6, 6.07) is 12.4. The molecule has 0 fully saturated rings. The van der Waals surface area contributed by atoms with Crippen LogP contribution in [0.5, 0.6) is 11.5 Å². The van der Waals surface area contributed by atoms with Gasteiger partial charge in [-0.1, -0.05) is 38.8 Å². The van der Waals surface area contributed by atoms with Crippen LogP contribution in [-0.2, 0) is 0 Å². The van der Waals surface area contributed by atoms with Gasteiger partial charge in [0.15, 0.2) is 0 Å². The first-order valence-corrected chi connectivity index (χ1v) is 7.63. The van der Waals surface area contributed by atoms with Gasteiger partial charge >= 0.3 is 0 Å². The molecule has 0 aliphatic carbocycles. The lowest BCUT2D eigenvalue weighted by Crippen LogP contribution is -1.98. The van der Waals surface area contributed by atoms with Gasteiger partial charge in [0.2, 0.25) is 0 Å². The van der Waals surface area contributed by atoms with Gasteiger partial charge < -0.3 is 9.47 Å². The van der Waals surface area contributed by atoms with E-state index in [1.807, 2.05) is 18.2 Å².